The maximum absolute atomic E-state index is 5.54. The monoisotopic (exact) mass is 287 g/mol. The second kappa shape index (κ2) is 5.48. The van der Waals surface area contributed by atoms with Gasteiger partial charge in [-0.2, -0.15) is 4.98 Å². The van der Waals surface area contributed by atoms with Crippen molar-refractivity contribution in [3.8, 4) is 17.1 Å². The van der Waals surface area contributed by atoms with E-state index < -0.39 is 0 Å². The third-order valence-corrected chi connectivity index (χ3v) is 4.30. The molecule has 0 saturated carbocycles. The molecule has 112 valence electrons. The highest BCUT2D eigenvalue weighted by Gasteiger charge is 2.34. The molecule has 0 radical (unpaired) electrons. The maximum Gasteiger partial charge on any atom is 0.232 e. The van der Waals surface area contributed by atoms with Crippen LogP contribution in [0.25, 0.3) is 11.4 Å². The molecular formula is C16H21N3O2. The van der Waals surface area contributed by atoms with Gasteiger partial charge >= 0.3 is 0 Å². The molecule has 3 rings (SSSR count). The summed E-state index contributed by atoms with van der Waals surface area (Å²) in [6.07, 6.45) is 2.05. The van der Waals surface area contributed by atoms with Crippen molar-refractivity contribution in [3.63, 3.8) is 0 Å². The Labute approximate surface area is 124 Å². The van der Waals surface area contributed by atoms with Gasteiger partial charge in [0.2, 0.25) is 11.7 Å². The van der Waals surface area contributed by atoms with Crippen molar-refractivity contribution in [2.24, 2.45) is 0 Å². The summed E-state index contributed by atoms with van der Waals surface area (Å²) in [7, 11) is 1.67. The van der Waals surface area contributed by atoms with Crippen LogP contribution in [0.1, 0.15) is 31.2 Å². The van der Waals surface area contributed by atoms with Crippen molar-refractivity contribution in [2.75, 3.05) is 20.2 Å². The second-order valence-corrected chi connectivity index (χ2v) is 5.92. The van der Waals surface area contributed by atoms with Crippen molar-refractivity contribution >= 4 is 0 Å². The van der Waals surface area contributed by atoms with Gasteiger partial charge in [0.25, 0.3) is 0 Å². The van der Waals surface area contributed by atoms with Gasteiger partial charge in [-0.1, -0.05) is 12.1 Å². The summed E-state index contributed by atoms with van der Waals surface area (Å²) < 4.78 is 10.8. The number of aryl methyl sites for hydroxylation is 1. The number of ether oxygens (including phenoxy) is 1. The number of benzene rings is 1. The van der Waals surface area contributed by atoms with E-state index in [-0.39, 0.29) is 5.41 Å². The lowest BCUT2D eigenvalue weighted by Gasteiger charge is -2.30. The van der Waals surface area contributed by atoms with E-state index in [2.05, 4.69) is 22.4 Å². The van der Waals surface area contributed by atoms with E-state index in [9.17, 15) is 0 Å². The molecule has 5 heteroatoms. The van der Waals surface area contributed by atoms with Gasteiger partial charge < -0.3 is 14.6 Å². The highest BCUT2D eigenvalue weighted by atomic mass is 16.5. The summed E-state index contributed by atoms with van der Waals surface area (Å²) in [6, 6.07) is 5.93. The molecular weight excluding hydrogens is 266 g/mol. The van der Waals surface area contributed by atoms with Crippen LogP contribution in [0.4, 0.5) is 0 Å². The van der Waals surface area contributed by atoms with Crippen LogP contribution in [0.3, 0.4) is 0 Å². The van der Waals surface area contributed by atoms with Crippen LogP contribution < -0.4 is 10.1 Å². The van der Waals surface area contributed by atoms with Gasteiger partial charge in [0.1, 0.15) is 5.75 Å². The molecule has 1 aromatic heterocycles. The first-order valence-corrected chi connectivity index (χ1v) is 7.32. The highest BCUT2D eigenvalue weighted by molar-refractivity contribution is 5.58. The number of aromatic nitrogens is 2. The normalized spacial score (nSPS) is 17.7. The molecule has 0 spiro atoms. The third-order valence-electron chi connectivity index (χ3n) is 4.30. The lowest BCUT2D eigenvalue weighted by molar-refractivity contribution is 0.241. The predicted octanol–water partition coefficient (Wildman–Crippen LogP) is 2.69. The molecule has 0 atom stereocenters. The van der Waals surface area contributed by atoms with Gasteiger partial charge in [-0.3, -0.25) is 0 Å². The van der Waals surface area contributed by atoms with Crippen molar-refractivity contribution in [1.82, 2.24) is 15.5 Å². The second-order valence-electron chi connectivity index (χ2n) is 5.92. The van der Waals surface area contributed by atoms with Crippen LogP contribution in [-0.4, -0.2) is 30.3 Å². The lowest BCUT2D eigenvalue weighted by atomic mass is 9.81. The van der Waals surface area contributed by atoms with Gasteiger partial charge in [0, 0.05) is 11.0 Å². The maximum atomic E-state index is 5.54. The molecule has 1 saturated heterocycles. The van der Waals surface area contributed by atoms with Crippen LogP contribution in [0, 0.1) is 6.92 Å². The number of hydrogen-bond donors (Lipinski definition) is 1. The fourth-order valence-electron chi connectivity index (χ4n) is 2.80. The molecule has 1 fully saturated rings. The van der Waals surface area contributed by atoms with Crippen LogP contribution >= 0.6 is 0 Å². The van der Waals surface area contributed by atoms with E-state index in [1.165, 1.54) is 0 Å². The molecule has 1 aliphatic rings. The fraction of sp³-hybridized carbons (Fsp3) is 0.500. The topological polar surface area (TPSA) is 60.2 Å². The predicted molar refractivity (Wildman–Crippen MR) is 80.5 cm³/mol. The van der Waals surface area contributed by atoms with Crippen molar-refractivity contribution in [2.45, 2.75) is 32.1 Å². The molecule has 0 aliphatic carbocycles. The smallest absolute Gasteiger partial charge is 0.232 e. The van der Waals surface area contributed by atoms with E-state index in [1.54, 1.807) is 7.11 Å². The van der Waals surface area contributed by atoms with Crippen LogP contribution in [0.5, 0.6) is 5.75 Å². The molecule has 0 bridgehead atoms. The number of methoxy groups -OCH3 is 1. The molecule has 21 heavy (non-hydrogen) atoms. The minimum atomic E-state index is -0.0159. The zero-order valence-corrected chi connectivity index (χ0v) is 12.8. The van der Waals surface area contributed by atoms with E-state index in [4.69, 9.17) is 9.26 Å². The molecule has 2 aromatic rings. The van der Waals surface area contributed by atoms with Gasteiger partial charge in [0.05, 0.1) is 7.11 Å². The average Bonchev–Trinajstić information content (AvgIpc) is 2.98. The van der Waals surface area contributed by atoms with E-state index in [0.717, 1.165) is 48.7 Å². The Bertz CT molecular complexity index is 630. The summed E-state index contributed by atoms with van der Waals surface area (Å²) in [5.74, 6) is 2.26. The SMILES string of the molecule is COc1ccc(-c2noc(C3(C)CCNCC3)n2)cc1C. The van der Waals surface area contributed by atoms with Gasteiger partial charge in [-0.05, 0) is 56.6 Å². The van der Waals surface area contributed by atoms with Crippen molar-refractivity contribution < 1.29 is 9.26 Å². The lowest BCUT2D eigenvalue weighted by Crippen LogP contribution is -2.37. The molecule has 0 amide bonds. The zero-order valence-electron chi connectivity index (χ0n) is 12.8. The summed E-state index contributed by atoms with van der Waals surface area (Å²) in [6.45, 7) is 6.20. The van der Waals surface area contributed by atoms with Gasteiger partial charge in [-0.25, -0.2) is 0 Å². The summed E-state index contributed by atoms with van der Waals surface area (Å²) in [5.41, 5.74) is 2.01. The standard InChI is InChI=1S/C16H21N3O2/c1-11-10-12(4-5-13(11)20-3)14-18-15(21-19-14)16(2)6-8-17-9-7-16/h4-5,10,17H,6-9H2,1-3H3. The largest absolute Gasteiger partial charge is 0.496 e. The molecule has 2 heterocycles. The first-order chi connectivity index (χ1) is 10.1. The number of hydrogen-bond acceptors (Lipinski definition) is 5. The Morgan fingerprint density at radius 2 is 2.05 bits per heavy atom. The molecule has 1 aliphatic heterocycles. The molecule has 5 nitrogen and oxygen atoms in total. The third kappa shape index (κ3) is 2.65. The Morgan fingerprint density at radius 3 is 2.71 bits per heavy atom. The first kappa shape index (κ1) is 14.1. The molecule has 0 unspecified atom stereocenters. The van der Waals surface area contributed by atoms with Crippen LogP contribution in [-0.2, 0) is 5.41 Å². The number of piperidine rings is 1. The Morgan fingerprint density at radius 1 is 1.29 bits per heavy atom. The van der Waals surface area contributed by atoms with Crippen LogP contribution in [0.2, 0.25) is 0 Å². The zero-order chi connectivity index (χ0) is 14.9. The van der Waals surface area contributed by atoms with Crippen LogP contribution in [0.15, 0.2) is 22.7 Å². The number of nitrogens with one attached hydrogen (secondary N) is 1. The quantitative estimate of drug-likeness (QED) is 0.940. The fourth-order valence-corrected chi connectivity index (χ4v) is 2.80. The van der Waals surface area contributed by atoms with Crippen molar-refractivity contribution in [3.05, 3.63) is 29.7 Å². The Hall–Kier alpha value is -1.88. The van der Waals surface area contributed by atoms with Gasteiger partial charge in [-0.15, -0.1) is 0 Å². The van der Waals surface area contributed by atoms with Gasteiger partial charge in [0.15, 0.2) is 0 Å². The number of nitrogens with zero attached hydrogens (tertiary/aromatic N) is 2. The van der Waals surface area contributed by atoms with E-state index in [1.807, 2.05) is 25.1 Å². The van der Waals surface area contributed by atoms with E-state index >= 15 is 0 Å². The minimum absolute atomic E-state index is 0.0159. The first-order valence-electron chi connectivity index (χ1n) is 7.32. The molecule has 1 aromatic carbocycles. The van der Waals surface area contributed by atoms with E-state index in [0.29, 0.717) is 5.82 Å². The highest BCUT2D eigenvalue weighted by Crippen LogP contribution is 2.33. The molecule has 1 N–H and O–H groups in total. The van der Waals surface area contributed by atoms with Crippen molar-refractivity contribution in [1.29, 1.82) is 0 Å². The summed E-state index contributed by atoms with van der Waals surface area (Å²) in [5, 5.41) is 7.52. The summed E-state index contributed by atoms with van der Waals surface area (Å²) >= 11 is 0. The Balaban J connectivity index is 1.89. The Kier molecular flexibility index (Phi) is 3.68. The number of rotatable bonds is 3. The average molecular weight is 287 g/mol. The minimum Gasteiger partial charge on any atom is -0.496 e. The summed E-state index contributed by atoms with van der Waals surface area (Å²) in [4.78, 5) is 4.63.